The van der Waals surface area contributed by atoms with Crippen LogP contribution in [0.3, 0.4) is 0 Å². The average Bonchev–Trinajstić information content (AvgIpc) is 2.67. The molecule has 3 aromatic rings. The molecule has 3 rings (SSSR count). The smallest absolute Gasteiger partial charge is 0.397 e. The van der Waals surface area contributed by atoms with Crippen LogP contribution in [0.2, 0.25) is 0 Å². The fraction of sp³-hybridized carbons (Fsp3) is 0.182. The molecule has 0 aliphatic carbocycles. The van der Waals surface area contributed by atoms with Gasteiger partial charge >= 0.3 is 6.18 Å². The van der Waals surface area contributed by atoms with Gasteiger partial charge in [-0.1, -0.05) is 66.7 Å². The summed E-state index contributed by atoms with van der Waals surface area (Å²) in [5.74, 6) is -0.449. The maximum absolute atomic E-state index is 13.4. The predicted molar refractivity (Wildman–Crippen MR) is 97.9 cm³/mol. The predicted octanol–water partition coefficient (Wildman–Crippen LogP) is 6.34. The fourth-order valence-corrected chi connectivity index (χ4v) is 2.69. The first-order valence-electron chi connectivity index (χ1n) is 8.54. The molecule has 1 unspecified atom stereocenters. The SMILES string of the molecule is FC(F)(F)C(COCc1ccccc1Oc1ccccc1)c1ccccc1. The summed E-state index contributed by atoms with van der Waals surface area (Å²) in [5, 5.41) is 0. The van der Waals surface area contributed by atoms with Gasteiger partial charge in [-0.15, -0.1) is 0 Å². The van der Waals surface area contributed by atoms with Crippen molar-refractivity contribution in [3.63, 3.8) is 0 Å². The molecule has 140 valence electrons. The third-order valence-electron chi connectivity index (χ3n) is 4.08. The van der Waals surface area contributed by atoms with E-state index in [2.05, 4.69) is 0 Å². The highest BCUT2D eigenvalue weighted by Gasteiger charge is 2.40. The van der Waals surface area contributed by atoms with Crippen LogP contribution in [0.25, 0.3) is 0 Å². The van der Waals surface area contributed by atoms with Crippen LogP contribution in [-0.2, 0) is 11.3 Å². The summed E-state index contributed by atoms with van der Waals surface area (Å²) in [6.45, 7) is -0.421. The molecule has 0 radical (unpaired) electrons. The maximum atomic E-state index is 13.4. The Hall–Kier alpha value is -2.79. The highest BCUT2D eigenvalue weighted by Crippen LogP contribution is 2.35. The Balaban J connectivity index is 1.68. The summed E-state index contributed by atoms with van der Waals surface area (Å²) in [6, 6.07) is 24.2. The van der Waals surface area contributed by atoms with Crippen molar-refractivity contribution >= 4 is 0 Å². The molecule has 2 nitrogen and oxygen atoms in total. The monoisotopic (exact) mass is 372 g/mol. The number of hydrogen-bond acceptors (Lipinski definition) is 2. The van der Waals surface area contributed by atoms with Crippen molar-refractivity contribution in [2.45, 2.75) is 18.7 Å². The summed E-state index contributed by atoms with van der Waals surface area (Å²) in [4.78, 5) is 0. The van der Waals surface area contributed by atoms with Crippen molar-refractivity contribution in [3.05, 3.63) is 96.1 Å². The summed E-state index contributed by atoms with van der Waals surface area (Å²) >= 11 is 0. The van der Waals surface area contributed by atoms with E-state index < -0.39 is 18.7 Å². The quantitative estimate of drug-likeness (QED) is 0.482. The number of benzene rings is 3. The lowest BCUT2D eigenvalue weighted by Crippen LogP contribution is -2.25. The molecule has 0 aliphatic heterocycles. The second-order valence-corrected chi connectivity index (χ2v) is 6.04. The average molecular weight is 372 g/mol. The number of halogens is 3. The molecule has 0 fully saturated rings. The molecule has 0 spiro atoms. The number of ether oxygens (including phenoxy) is 2. The van der Waals surface area contributed by atoms with Gasteiger partial charge in [-0.3, -0.25) is 0 Å². The number of hydrogen-bond donors (Lipinski definition) is 0. The van der Waals surface area contributed by atoms with Crippen LogP contribution in [0.4, 0.5) is 13.2 Å². The lowest BCUT2D eigenvalue weighted by atomic mass is 9.99. The van der Waals surface area contributed by atoms with Crippen molar-refractivity contribution in [3.8, 4) is 11.5 Å². The molecule has 0 amide bonds. The van der Waals surface area contributed by atoms with Gasteiger partial charge in [0.25, 0.3) is 0 Å². The molecule has 3 aromatic carbocycles. The van der Waals surface area contributed by atoms with Crippen LogP contribution in [0.15, 0.2) is 84.9 Å². The molecule has 0 saturated heterocycles. The van der Waals surface area contributed by atoms with Gasteiger partial charge in [0, 0.05) is 5.56 Å². The standard InChI is InChI=1S/C22H19F3O2/c23-22(24,25)20(17-9-3-1-4-10-17)16-26-15-18-11-7-8-14-21(18)27-19-12-5-2-6-13-19/h1-14,20H,15-16H2. The summed E-state index contributed by atoms with van der Waals surface area (Å²) in [5.41, 5.74) is 0.883. The van der Waals surface area contributed by atoms with Crippen molar-refractivity contribution < 1.29 is 22.6 Å². The Morgan fingerprint density at radius 1 is 0.741 bits per heavy atom. The zero-order valence-electron chi connectivity index (χ0n) is 14.5. The van der Waals surface area contributed by atoms with Crippen LogP contribution in [0, 0.1) is 0 Å². The van der Waals surface area contributed by atoms with Crippen molar-refractivity contribution in [1.29, 1.82) is 0 Å². The van der Waals surface area contributed by atoms with Crippen LogP contribution < -0.4 is 4.74 Å². The zero-order valence-corrected chi connectivity index (χ0v) is 14.5. The number of alkyl halides is 3. The Morgan fingerprint density at radius 2 is 1.33 bits per heavy atom. The van der Waals surface area contributed by atoms with Crippen molar-refractivity contribution in [1.82, 2.24) is 0 Å². The van der Waals surface area contributed by atoms with E-state index in [4.69, 9.17) is 9.47 Å². The Kier molecular flexibility index (Phi) is 6.14. The lowest BCUT2D eigenvalue weighted by Gasteiger charge is -2.21. The second kappa shape index (κ2) is 8.73. The Morgan fingerprint density at radius 3 is 2.00 bits per heavy atom. The van der Waals surface area contributed by atoms with Gasteiger partial charge in [-0.05, 0) is 23.8 Å². The molecule has 0 heterocycles. The molecule has 0 N–H and O–H groups in total. The molecule has 1 atom stereocenters. The van der Waals surface area contributed by atoms with Gasteiger partial charge < -0.3 is 9.47 Å². The zero-order chi connectivity index (χ0) is 19.1. The van der Waals surface area contributed by atoms with Gasteiger partial charge in [0.1, 0.15) is 17.4 Å². The van der Waals surface area contributed by atoms with E-state index in [1.54, 1.807) is 36.4 Å². The fourth-order valence-electron chi connectivity index (χ4n) is 2.69. The van der Waals surface area contributed by atoms with Gasteiger partial charge in [0.15, 0.2) is 0 Å². The maximum Gasteiger partial charge on any atom is 0.397 e. The molecular formula is C22H19F3O2. The summed E-state index contributed by atoms with van der Waals surface area (Å²) in [6.07, 6.45) is -4.37. The Bertz CT molecular complexity index is 833. The van der Waals surface area contributed by atoms with Gasteiger partial charge in [-0.2, -0.15) is 13.2 Å². The normalized spacial score (nSPS) is 12.6. The highest BCUT2D eigenvalue weighted by atomic mass is 19.4. The van der Waals surface area contributed by atoms with Crippen LogP contribution in [-0.4, -0.2) is 12.8 Å². The first-order chi connectivity index (χ1) is 13.0. The van der Waals surface area contributed by atoms with Gasteiger partial charge in [-0.25, -0.2) is 0 Å². The highest BCUT2D eigenvalue weighted by molar-refractivity contribution is 5.37. The van der Waals surface area contributed by atoms with E-state index in [9.17, 15) is 13.2 Å². The summed E-state index contributed by atoms with van der Waals surface area (Å²) in [7, 11) is 0. The van der Waals surface area contributed by atoms with Crippen molar-refractivity contribution in [2.24, 2.45) is 0 Å². The molecule has 0 aromatic heterocycles. The largest absolute Gasteiger partial charge is 0.457 e. The molecule has 0 saturated carbocycles. The molecular weight excluding hydrogens is 353 g/mol. The van der Waals surface area contributed by atoms with E-state index in [0.29, 0.717) is 17.1 Å². The Labute approximate surface area is 156 Å². The minimum Gasteiger partial charge on any atom is -0.457 e. The third-order valence-corrected chi connectivity index (χ3v) is 4.08. The third kappa shape index (κ3) is 5.34. The lowest BCUT2D eigenvalue weighted by molar-refractivity contribution is -0.163. The number of para-hydroxylation sites is 2. The van der Waals surface area contributed by atoms with E-state index >= 15 is 0 Å². The van der Waals surface area contributed by atoms with Crippen molar-refractivity contribution in [2.75, 3.05) is 6.61 Å². The molecule has 5 heteroatoms. The van der Waals surface area contributed by atoms with E-state index in [0.717, 1.165) is 0 Å². The van der Waals surface area contributed by atoms with E-state index in [1.165, 1.54) is 12.1 Å². The van der Waals surface area contributed by atoms with Gasteiger partial charge in [0.2, 0.25) is 0 Å². The minimum atomic E-state index is -4.37. The van der Waals surface area contributed by atoms with Gasteiger partial charge in [0.05, 0.1) is 13.2 Å². The van der Waals surface area contributed by atoms with Crippen LogP contribution in [0.1, 0.15) is 17.0 Å². The first kappa shape index (κ1) is 19.0. The van der Waals surface area contributed by atoms with E-state index in [-0.39, 0.29) is 12.2 Å². The number of rotatable bonds is 7. The molecule has 0 bridgehead atoms. The first-order valence-corrected chi connectivity index (χ1v) is 8.54. The van der Waals surface area contributed by atoms with Crippen LogP contribution >= 0.6 is 0 Å². The van der Waals surface area contributed by atoms with E-state index in [1.807, 2.05) is 36.4 Å². The summed E-state index contributed by atoms with van der Waals surface area (Å²) < 4.78 is 51.4. The van der Waals surface area contributed by atoms with Crippen LogP contribution in [0.5, 0.6) is 11.5 Å². The molecule has 27 heavy (non-hydrogen) atoms. The topological polar surface area (TPSA) is 18.5 Å². The minimum absolute atomic E-state index is 0.0302. The second-order valence-electron chi connectivity index (χ2n) is 6.04. The molecule has 0 aliphatic rings.